The Kier molecular flexibility index (Phi) is 5.65. The minimum atomic E-state index is -0.0881. The molecule has 3 nitrogen and oxygen atoms in total. The zero-order valence-electron chi connectivity index (χ0n) is 12.9. The van der Waals surface area contributed by atoms with Crippen LogP contribution in [0.2, 0.25) is 5.02 Å². The van der Waals surface area contributed by atoms with Crippen molar-refractivity contribution in [1.82, 2.24) is 10.6 Å². The lowest BCUT2D eigenvalue weighted by Crippen LogP contribution is -2.36. The van der Waals surface area contributed by atoms with E-state index in [0.29, 0.717) is 18.9 Å². The Bertz CT molecular complexity index is 464. The van der Waals surface area contributed by atoms with E-state index >= 15 is 0 Å². The van der Waals surface area contributed by atoms with Gasteiger partial charge in [-0.25, -0.2) is 0 Å². The van der Waals surface area contributed by atoms with Gasteiger partial charge in [0.05, 0.1) is 0 Å². The lowest BCUT2D eigenvalue weighted by Gasteiger charge is -2.26. The highest BCUT2D eigenvalue weighted by Crippen LogP contribution is 2.24. The molecular formula is C17H25ClN2O. The van der Waals surface area contributed by atoms with E-state index in [1.165, 1.54) is 12.0 Å². The summed E-state index contributed by atoms with van der Waals surface area (Å²) in [5.41, 5.74) is 1.10. The molecule has 1 aromatic carbocycles. The van der Waals surface area contributed by atoms with Gasteiger partial charge in [0.1, 0.15) is 0 Å². The van der Waals surface area contributed by atoms with Crippen molar-refractivity contribution >= 4 is 17.5 Å². The van der Waals surface area contributed by atoms with Crippen molar-refractivity contribution in [2.24, 2.45) is 5.92 Å². The Hall–Kier alpha value is -1.06. The van der Waals surface area contributed by atoms with E-state index in [0.717, 1.165) is 24.5 Å². The predicted molar refractivity (Wildman–Crippen MR) is 87.7 cm³/mol. The van der Waals surface area contributed by atoms with Crippen molar-refractivity contribution in [3.05, 3.63) is 34.9 Å². The van der Waals surface area contributed by atoms with Crippen LogP contribution < -0.4 is 10.6 Å². The van der Waals surface area contributed by atoms with E-state index < -0.39 is 0 Å². The minimum Gasteiger partial charge on any atom is -0.355 e. The quantitative estimate of drug-likeness (QED) is 0.848. The molecule has 0 radical (unpaired) electrons. The third-order valence-electron chi connectivity index (χ3n) is 4.30. The molecule has 1 aliphatic rings. The average molecular weight is 309 g/mol. The summed E-state index contributed by atoms with van der Waals surface area (Å²) in [6.07, 6.45) is 2.81. The van der Waals surface area contributed by atoms with Crippen LogP contribution in [0.3, 0.4) is 0 Å². The number of halogens is 1. The Morgan fingerprint density at radius 1 is 1.38 bits per heavy atom. The summed E-state index contributed by atoms with van der Waals surface area (Å²) in [4.78, 5) is 12.0. The summed E-state index contributed by atoms with van der Waals surface area (Å²) in [7, 11) is 0. The molecule has 1 atom stereocenters. The maximum absolute atomic E-state index is 12.0. The fraction of sp³-hybridized carbons (Fsp3) is 0.588. The standard InChI is InChI=1S/C17H25ClN2O/c1-17(2,14-4-6-15(18)7-5-14)12-20-16(21)8-3-13-9-10-19-11-13/h4-7,13,19H,3,8-12H2,1-2H3,(H,20,21). The first-order valence-corrected chi connectivity index (χ1v) is 8.08. The van der Waals surface area contributed by atoms with Crippen LogP contribution in [0.1, 0.15) is 38.7 Å². The molecule has 2 N–H and O–H groups in total. The molecular weight excluding hydrogens is 284 g/mol. The van der Waals surface area contributed by atoms with Gasteiger partial charge in [-0.05, 0) is 49.5 Å². The first-order chi connectivity index (χ1) is 9.97. The first-order valence-electron chi connectivity index (χ1n) is 7.71. The maximum atomic E-state index is 12.0. The number of rotatable bonds is 6. The Labute approximate surface area is 132 Å². The largest absolute Gasteiger partial charge is 0.355 e. The summed E-state index contributed by atoms with van der Waals surface area (Å²) < 4.78 is 0. The van der Waals surface area contributed by atoms with E-state index in [2.05, 4.69) is 24.5 Å². The summed E-state index contributed by atoms with van der Waals surface area (Å²) >= 11 is 5.92. The van der Waals surface area contributed by atoms with Gasteiger partial charge >= 0.3 is 0 Å². The van der Waals surface area contributed by atoms with E-state index in [-0.39, 0.29) is 11.3 Å². The van der Waals surface area contributed by atoms with Gasteiger partial charge in [0.25, 0.3) is 0 Å². The molecule has 0 bridgehead atoms. The Morgan fingerprint density at radius 3 is 2.71 bits per heavy atom. The van der Waals surface area contributed by atoms with Gasteiger partial charge in [-0.15, -0.1) is 0 Å². The van der Waals surface area contributed by atoms with Gasteiger partial charge in [0.2, 0.25) is 5.91 Å². The highest BCUT2D eigenvalue weighted by molar-refractivity contribution is 6.30. The molecule has 2 rings (SSSR count). The number of amides is 1. The second kappa shape index (κ2) is 7.28. The third kappa shape index (κ3) is 5.01. The molecule has 1 fully saturated rings. The lowest BCUT2D eigenvalue weighted by molar-refractivity contribution is -0.121. The maximum Gasteiger partial charge on any atom is 0.220 e. The third-order valence-corrected chi connectivity index (χ3v) is 4.55. The highest BCUT2D eigenvalue weighted by Gasteiger charge is 2.22. The van der Waals surface area contributed by atoms with Crippen LogP contribution in [0.4, 0.5) is 0 Å². The monoisotopic (exact) mass is 308 g/mol. The van der Waals surface area contributed by atoms with Gasteiger partial charge in [0, 0.05) is 23.4 Å². The topological polar surface area (TPSA) is 41.1 Å². The van der Waals surface area contributed by atoms with Crippen LogP contribution in [-0.2, 0) is 10.2 Å². The zero-order valence-corrected chi connectivity index (χ0v) is 13.7. The fourth-order valence-corrected chi connectivity index (χ4v) is 2.83. The van der Waals surface area contributed by atoms with Crippen molar-refractivity contribution in [2.75, 3.05) is 19.6 Å². The van der Waals surface area contributed by atoms with Crippen molar-refractivity contribution in [1.29, 1.82) is 0 Å². The predicted octanol–water partition coefficient (Wildman–Crippen LogP) is 3.12. The summed E-state index contributed by atoms with van der Waals surface area (Å²) in [5, 5.41) is 7.14. The van der Waals surface area contributed by atoms with Crippen LogP contribution in [-0.4, -0.2) is 25.5 Å². The fourth-order valence-electron chi connectivity index (χ4n) is 2.71. The van der Waals surface area contributed by atoms with Gasteiger partial charge in [-0.2, -0.15) is 0 Å². The Balaban J connectivity index is 1.77. The molecule has 1 amide bonds. The smallest absolute Gasteiger partial charge is 0.220 e. The molecule has 116 valence electrons. The lowest BCUT2D eigenvalue weighted by atomic mass is 9.84. The number of benzene rings is 1. The van der Waals surface area contributed by atoms with Crippen LogP contribution in [0.15, 0.2) is 24.3 Å². The van der Waals surface area contributed by atoms with Gasteiger partial charge in [0.15, 0.2) is 0 Å². The van der Waals surface area contributed by atoms with Crippen LogP contribution in [0.5, 0.6) is 0 Å². The number of nitrogens with one attached hydrogen (secondary N) is 2. The average Bonchev–Trinajstić information content (AvgIpc) is 2.97. The molecule has 0 aromatic heterocycles. The summed E-state index contributed by atoms with van der Waals surface area (Å²) in [5.74, 6) is 0.823. The number of carbonyl (C=O) groups excluding carboxylic acids is 1. The normalized spacial score (nSPS) is 18.7. The number of carbonyl (C=O) groups is 1. The molecule has 4 heteroatoms. The van der Waals surface area contributed by atoms with Gasteiger partial charge in [-0.1, -0.05) is 37.6 Å². The van der Waals surface area contributed by atoms with E-state index in [4.69, 9.17) is 11.6 Å². The second-order valence-electron chi connectivity index (χ2n) is 6.57. The molecule has 1 aliphatic heterocycles. The van der Waals surface area contributed by atoms with Crippen molar-refractivity contribution in [3.8, 4) is 0 Å². The number of hydrogen-bond donors (Lipinski definition) is 2. The van der Waals surface area contributed by atoms with Crippen LogP contribution in [0.25, 0.3) is 0 Å². The molecule has 0 spiro atoms. The van der Waals surface area contributed by atoms with Gasteiger partial charge in [-0.3, -0.25) is 4.79 Å². The molecule has 0 aliphatic carbocycles. The molecule has 21 heavy (non-hydrogen) atoms. The molecule has 1 unspecified atom stereocenters. The SMILES string of the molecule is CC(C)(CNC(=O)CCC1CCNC1)c1ccc(Cl)cc1. The van der Waals surface area contributed by atoms with Crippen molar-refractivity contribution in [2.45, 2.75) is 38.5 Å². The van der Waals surface area contributed by atoms with E-state index in [1.54, 1.807) is 0 Å². The van der Waals surface area contributed by atoms with Crippen molar-refractivity contribution in [3.63, 3.8) is 0 Å². The molecule has 0 saturated carbocycles. The second-order valence-corrected chi connectivity index (χ2v) is 7.00. The minimum absolute atomic E-state index is 0.0881. The van der Waals surface area contributed by atoms with E-state index in [9.17, 15) is 4.79 Å². The van der Waals surface area contributed by atoms with Crippen LogP contribution in [0, 0.1) is 5.92 Å². The van der Waals surface area contributed by atoms with Gasteiger partial charge < -0.3 is 10.6 Å². The molecule has 1 aromatic rings. The summed E-state index contributed by atoms with van der Waals surface area (Å²) in [6, 6.07) is 7.85. The summed E-state index contributed by atoms with van der Waals surface area (Å²) in [6.45, 7) is 7.07. The number of hydrogen-bond acceptors (Lipinski definition) is 2. The van der Waals surface area contributed by atoms with Crippen LogP contribution >= 0.6 is 11.6 Å². The highest BCUT2D eigenvalue weighted by atomic mass is 35.5. The first kappa shape index (κ1) is 16.3. The molecule has 1 heterocycles. The van der Waals surface area contributed by atoms with E-state index in [1.807, 2.05) is 24.3 Å². The Morgan fingerprint density at radius 2 is 2.10 bits per heavy atom. The zero-order chi connectivity index (χ0) is 15.3. The van der Waals surface area contributed by atoms with Crippen molar-refractivity contribution < 1.29 is 4.79 Å². The molecule has 1 saturated heterocycles.